The SMILES string of the molecule is CCCCC[C@H](O)/C=C/[C@@H]1[C@@H](CC(=O)CCCCC(=O)OC[C@H](COP(=O)(O)OCCN)OC(=O)CCCCCCCCc2oc(CCC)c(C)c2C)[C@@H](O)C[C@H]1O. The lowest BCUT2D eigenvalue weighted by Crippen LogP contribution is -2.29. The molecular formula is C43H74NO13P. The summed E-state index contributed by atoms with van der Waals surface area (Å²) in [5.41, 5.74) is 7.85. The summed E-state index contributed by atoms with van der Waals surface area (Å²) in [5.74, 6) is 0.0289. The number of aliphatic hydroxyl groups is 3. The summed E-state index contributed by atoms with van der Waals surface area (Å²) in [6.45, 7) is 7.30. The molecule has 1 saturated carbocycles. The third-order valence-electron chi connectivity index (χ3n) is 10.8. The number of phosphoric ester groups is 1. The van der Waals surface area contributed by atoms with Crippen LogP contribution in [-0.2, 0) is 50.3 Å². The molecule has 0 saturated heterocycles. The van der Waals surface area contributed by atoms with Crippen molar-refractivity contribution in [3.8, 4) is 0 Å². The number of esters is 2. The van der Waals surface area contributed by atoms with Crippen molar-refractivity contribution in [1.82, 2.24) is 0 Å². The molecule has 1 heterocycles. The summed E-state index contributed by atoms with van der Waals surface area (Å²) in [6.07, 6.45) is 13.2. The van der Waals surface area contributed by atoms with Gasteiger partial charge < -0.3 is 39.8 Å². The minimum absolute atomic E-state index is 0.00738. The molecule has 0 aromatic carbocycles. The number of hydrogen-bond acceptors (Lipinski definition) is 13. The summed E-state index contributed by atoms with van der Waals surface area (Å²) in [5, 5.41) is 31.3. The fourth-order valence-corrected chi connectivity index (χ4v) is 8.03. The van der Waals surface area contributed by atoms with Crippen molar-refractivity contribution in [3.05, 3.63) is 34.8 Å². The number of carbonyl (C=O) groups is 3. The Balaban J connectivity index is 1.74. The number of phosphoric acid groups is 1. The second-order valence-corrected chi connectivity index (χ2v) is 17.2. The number of aliphatic hydroxyl groups excluding tert-OH is 3. The van der Waals surface area contributed by atoms with Gasteiger partial charge in [0, 0.05) is 63.3 Å². The molecule has 1 aliphatic carbocycles. The Labute approximate surface area is 346 Å². The Bertz CT molecular complexity index is 1410. The molecule has 0 bridgehead atoms. The summed E-state index contributed by atoms with van der Waals surface area (Å²) < 4.78 is 38.8. The highest BCUT2D eigenvalue weighted by Crippen LogP contribution is 2.43. The number of rotatable bonds is 33. The zero-order chi connectivity index (χ0) is 42.9. The molecule has 1 fully saturated rings. The van der Waals surface area contributed by atoms with Gasteiger partial charge in [0.05, 0.1) is 31.5 Å². The second-order valence-electron chi connectivity index (χ2n) is 15.8. The van der Waals surface area contributed by atoms with Crippen molar-refractivity contribution < 1.29 is 62.1 Å². The highest BCUT2D eigenvalue weighted by atomic mass is 31.2. The van der Waals surface area contributed by atoms with Crippen LogP contribution in [0, 0.1) is 25.7 Å². The largest absolute Gasteiger partial charge is 0.472 e. The fraction of sp³-hybridized carbons (Fsp3) is 0.791. The Morgan fingerprint density at radius 1 is 0.828 bits per heavy atom. The van der Waals surface area contributed by atoms with E-state index in [2.05, 4.69) is 27.7 Å². The first-order chi connectivity index (χ1) is 27.7. The Hall–Kier alpha value is -2.42. The molecular weight excluding hydrogens is 769 g/mol. The van der Waals surface area contributed by atoms with Gasteiger partial charge in [0.15, 0.2) is 6.10 Å². The first-order valence-corrected chi connectivity index (χ1v) is 23.2. The summed E-state index contributed by atoms with van der Waals surface area (Å²) in [6, 6.07) is 0. The average molecular weight is 844 g/mol. The molecule has 1 unspecified atom stereocenters. The normalized spacial score (nSPS) is 20.3. The third-order valence-corrected chi connectivity index (χ3v) is 11.8. The van der Waals surface area contributed by atoms with Gasteiger partial charge in [0.25, 0.3) is 0 Å². The molecule has 1 aliphatic rings. The van der Waals surface area contributed by atoms with Crippen LogP contribution in [0.4, 0.5) is 0 Å². The summed E-state index contributed by atoms with van der Waals surface area (Å²) in [4.78, 5) is 48.0. The van der Waals surface area contributed by atoms with Gasteiger partial charge in [-0.3, -0.25) is 23.4 Å². The van der Waals surface area contributed by atoms with E-state index in [-0.39, 0.29) is 51.0 Å². The maximum atomic E-state index is 12.8. The molecule has 14 nitrogen and oxygen atoms in total. The van der Waals surface area contributed by atoms with E-state index in [4.69, 9.17) is 28.7 Å². The molecule has 2 rings (SSSR count). The number of ketones is 1. The Kier molecular flexibility index (Phi) is 25.8. The number of carbonyl (C=O) groups excluding carboxylic acids is 3. The lowest BCUT2D eigenvalue weighted by molar-refractivity contribution is -0.161. The number of Topliss-reactive ketones (excluding diaryl/α,β-unsaturated/α-hetero) is 1. The molecule has 0 aliphatic heterocycles. The number of furan rings is 1. The van der Waals surface area contributed by atoms with Crippen LogP contribution in [0.15, 0.2) is 16.6 Å². The number of ether oxygens (including phenoxy) is 2. The summed E-state index contributed by atoms with van der Waals surface area (Å²) in [7, 11) is -4.48. The minimum Gasteiger partial charge on any atom is -0.466 e. The van der Waals surface area contributed by atoms with Gasteiger partial charge in [-0.05, 0) is 63.5 Å². The second kappa shape index (κ2) is 28.9. The molecule has 0 spiro atoms. The maximum absolute atomic E-state index is 12.8. The maximum Gasteiger partial charge on any atom is 0.472 e. The predicted molar refractivity (Wildman–Crippen MR) is 221 cm³/mol. The van der Waals surface area contributed by atoms with E-state index in [0.29, 0.717) is 25.7 Å². The molecule has 334 valence electrons. The molecule has 15 heteroatoms. The molecule has 1 aromatic rings. The van der Waals surface area contributed by atoms with Crippen molar-refractivity contribution >= 4 is 25.5 Å². The molecule has 7 atom stereocenters. The van der Waals surface area contributed by atoms with Gasteiger partial charge in [-0.2, -0.15) is 0 Å². The minimum atomic E-state index is -4.48. The standard InChI is InChI=1S/C43H74NO13P/c1-5-7-12-18-33(45)23-24-36-37(39(48)28-38(36)47)27-34(46)19-15-16-21-42(49)53-29-35(30-55-58(51,52)54-26-25-44)56-43(50)22-14-11-9-8-10-13-20-41-32(4)31(3)40(57-41)17-6-2/h23-24,33,35-39,45,47-48H,5-22,25-30,44H2,1-4H3,(H,51,52)/b24-23+/t33-,35+,36+,37+,38+,39-/m0/s1. The zero-order valence-corrected chi connectivity index (χ0v) is 36.5. The van der Waals surface area contributed by atoms with Gasteiger partial charge >= 0.3 is 19.8 Å². The molecule has 1 aromatic heterocycles. The van der Waals surface area contributed by atoms with Crippen molar-refractivity contribution in [1.29, 1.82) is 0 Å². The highest BCUT2D eigenvalue weighted by molar-refractivity contribution is 7.47. The van der Waals surface area contributed by atoms with Gasteiger partial charge in [-0.15, -0.1) is 0 Å². The van der Waals surface area contributed by atoms with Crippen LogP contribution >= 0.6 is 7.82 Å². The first kappa shape index (κ1) is 51.7. The number of aryl methyl sites for hydroxylation is 2. The lowest BCUT2D eigenvalue weighted by atomic mass is 9.87. The van der Waals surface area contributed by atoms with Gasteiger partial charge in [-0.25, -0.2) is 4.57 Å². The van der Waals surface area contributed by atoms with Gasteiger partial charge in [0.2, 0.25) is 0 Å². The predicted octanol–water partition coefficient (Wildman–Crippen LogP) is 7.04. The van der Waals surface area contributed by atoms with E-state index in [1.807, 2.05) is 0 Å². The van der Waals surface area contributed by atoms with E-state index >= 15 is 0 Å². The molecule has 0 amide bonds. The lowest BCUT2D eigenvalue weighted by Gasteiger charge is -2.20. The van der Waals surface area contributed by atoms with Crippen LogP contribution < -0.4 is 5.73 Å². The van der Waals surface area contributed by atoms with Crippen LogP contribution in [0.5, 0.6) is 0 Å². The van der Waals surface area contributed by atoms with Crippen molar-refractivity contribution in [2.45, 2.75) is 181 Å². The van der Waals surface area contributed by atoms with Crippen molar-refractivity contribution in [2.75, 3.05) is 26.4 Å². The van der Waals surface area contributed by atoms with E-state index in [9.17, 15) is 39.2 Å². The van der Waals surface area contributed by atoms with Crippen LogP contribution in [0.1, 0.15) is 152 Å². The zero-order valence-electron chi connectivity index (χ0n) is 35.6. The first-order valence-electron chi connectivity index (χ1n) is 21.7. The van der Waals surface area contributed by atoms with Crippen molar-refractivity contribution in [2.24, 2.45) is 17.6 Å². The van der Waals surface area contributed by atoms with E-state index in [1.54, 1.807) is 12.2 Å². The van der Waals surface area contributed by atoms with E-state index in [0.717, 1.165) is 82.1 Å². The van der Waals surface area contributed by atoms with E-state index < -0.39 is 69.2 Å². The quantitative estimate of drug-likeness (QED) is 0.0207. The average Bonchev–Trinajstić information content (AvgIpc) is 3.60. The Morgan fingerprint density at radius 2 is 1.47 bits per heavy atom. The molecule has 58 heavy (non-hydrogen) atoms. The fourth-order valence-electron chi connectivity index (χ4n) is 7.26. The van der Waals surface area contributed by atoms with Crippen LogP contribution in [0.25, 0.3) is 0 Å². The van der Waals surface area contributed by atoms with Gasteiger partial charge in [-0.1, -0.05) is 70.9 Å². The molecule has 6 N–H and O–H groups in total. The van der Waals surface area contributed by atoms with Crippen LogP contribution in [0.2, 0.25) is 0 Å². The molecule has 0 radical (unpaired) electrons. The smallest absolute Gasteiger partial charge is 0.466 e. The highest BCUT2D eigenvalue weighted by Gasteiger charge is 2.41. The van der Waals surface area contributed by atoms with E-state index in [1.165, 1.54) is 11.1 Å². The number of unbranched alkanes of at least 4 members (excludes halogenated alkanes) is 8. The topological polar surface area (TPSA) is 225 Å². The van der Waals surface area contributed by atoms with Crippen LogP contribution in [-0.4, -0.2) is 88.7 Å². The monoisotopic (exact) mass is 843 g/mol. The number of nitrogens with two attached hydrogens (primary N) is 1. The Morgan fingerprint density at radius 3 is 2.16 bits per heavy atom. The van der Waals surface area contributed by atoms with Crippen molar-refractivity contribution in [3.63, 3.8) is 0 Å². The van der Waals surface area contributed by atoms with Gasteiger partial charge in [0.1, 0.15) is 23.9 Å². The van der Waals surface area contributed by atoms with Crippen LogP contribution in [0.3, 0.4) is 0 Å². The number of hydrogen-bond donors (Lipinski definition) is 5. The summed E-state index contributed by atoms with van der Waals surface area (Å²) >= 11 is 0. The third kappa shape index (κ3) is 20.7.